The van der Waals surface area contributed by atoms with Gasteiger partial charge in [0.15, 0.2) is 0 Å². The van der Waals surface area contributed by atoms with E-state index in [2.05, 4.69) is 4.98 Å². The Balaban J connectivity index is 2.85. The van der Waals surface area contributed by atoms with Gasteiger partial charge < -0.3 is 10.5 Å². The van der Waals surface area contributed by atoms with Crippen LogP contribution in [0.3, 0.4) is 0 Å². The Morgan fingerprint density at radius 2 is 2.13 bits per heavy atom. The molecule has 1 aromatic rings. The van der Waals surface area contributed by atoms with Crippen molar-refractivity contribution in [2.75, 3.05) is 0 Å². The molecule has 0 fully saturated rings. The van der Waals surface area contributed by atoms with Gasteiger partial charge in [-0.05, 0) is 11.6 Å². The summed E-state index contributed by atoms with van der Waals surface area (Å²) in [7, 11) is 0. The summed E-state index contributed by atoms with van der Waals surface area (Å²) in [6.45, 7) is 0. The van der Waals surface area contributed by atoms with Crippen LogP contribution in [0.15, 0.2) is 18.3 Å². The molecule has 1 heterocycles. The standard InChI is InChI=1S/C9H9F3N2O/c10-9(11,12)8-2-1-6(5-14-8)7(13)3-4-15/h1-2,4-5,7H,3,13H2. The highest BCUT2D eigenvalue weighted by atomic mass is 19.4. The Hall–Kier alpha value is -1.43. The lowest BCUT2D eigenvalue weighted by Gasteiger charge is -2.09. The summed E-state index contributed by atoms with van der Waals surface area (Å²) in [5, 5.41) is 0. The van der Waals surface area contributed by atoms with Crippen LogP contribution in [-0.2, 0) is 11.0 Å². The van der Waals surface area contributed by atoms with Crippen molar-refractivity contribution in [3.05, 3.63) is 29.6 Å². The van der Waals surface area contributed by atoms with Gasteiger partial charge in [-0.3, -0.25) is 4.98 Å². The van der Waals surface area contributed by atoms with Gasteiger partial charge in [-0.25, -0.2) is 0 Å². The molecule has 0 spiro atoms. The maximum absolute atomic E-state index is 12.1. The van der Waals surface area contributed by atoms with E-state index in [-0.39, 0.29) is 6.42 Å². The number of pyridine rings is 1. The molecule has 0 amide bonds. The summed E-state index contributed by atoms with van der Waals surface area (Å²) in [5.74, 6) is 0. The third-order valence-corrected chi connectivity index (χ3v) is 1.86. The first-order chi connectivity index (χ1) is 6.95. The summed E-state index contributed by atoms with van der Waals surface area (Å²) < 4.78 is 36.4. The van der Waals surface area contributed by atoms with Gasteiger partial charge in [-0.15, -0.1) is 0 Å². The second kappa shape index (κ2) is 4.39. The number of nitrogens with zero attached hydrogens (tertiary/aromatic N) is 1. The molecule has 3 nitrogen and oxygen atoms in total. The van der Waals surface area contributed by atoms with Crippen LogP contribution in [0, 0.1) is 0 Å². The summed E-state index contributed by atoms with van der Waals surface area (Å²) in [5.41, 5.74) is 4.96. The largest absolute Gasteiger partial charge is 0.433 e. The zero-order chi connectivity index (χ0) is 11.5. The Labute approximate surface area is 84.1 Å². The highest BCUT2D eigenvalue weighted by Gasteiger charge is 2.32. The number of carbonyl (C=O) groups is 1. The van der Waals surface area contributed by atoms with Crippen LogP contribution in [0.2, 0.25) is 0 Å². The van der Waals surface area contributed by atoms with Gasteiger partial charge in [-0.1, -0.05) is 6.07 Å². The summed E-state index contributed by atoms with van der Waals surface area (Å²) in [6, 6.07) is 1.47. The Morgan fingerprint density at radius 1 is 1.47 bits per heavy atom. The van der Waals surface area contributed by atoms with E-state index in [4.69, 9.17) is 5.73 Å². The van der Waals surface area contributed by atoms with Crippen molar-refractivity contribution < 1.29 is 18.0 Å². The molecule has 0 radical (unpaired) electrons. The third kappa shape index (κ3) is 3.02. The molecule has 0 bridgehead atoms. The highest BCUT2D eigenvalue weighted by molar-refractivity contribution is 5.51. The molecular weight excluding hydrogens is 209 g/mol. The molecule has 0 aromatic carbocycles. The molecule has 6 heteroatoms. The lowest BCUT2D eigenvalue weighted by Crippen LogP contribution is -2.13. The fraction of sp³-hybridized carbons (Fsp3) is 0.333. The zero-order valence-corrected chi connectivity index (χ0v) is 7.66. The first kappa shape index (κ1) is 11.6. The van der Waals surface area contributed by atoms with E-state index in [9.17, 15) is 18.0 Å². The van der Waals surface area contributed by atoms with E-state index in [1.54, 1.807) is 0 Å². The summed E-state index contributed by atoms with van der Waals surface area (Å²) in [6.07, 6.45) is -2.74. The zero-order valence-electron chi connectivity index (χ0n) is 7.66. The van der Waals surface area contributed by atoms with Crippen LogP contribution in [0.1, 0.15) is 23.7 Å². The number of hydrogen-bond donors (Lipinski definition) is 1. The van der Waals surface area contributed by atoms with Gasteiger partial charge >= 0.3 is 6.18 Å². The fourth-order valence-electron chi connectivity index (χ4n) is 1.03. The van der Waals surface area contributed by atoms with Gasteiger partial charge in [0.1, 0.15) is 12.0 Å². The van der Waals surface area contributed by atoms with E-state index >= 15 is 0 Å². The normalized spacial score (nSPS) is 13.6. The second-order valence-corrected chi connectivity index (χ2v) is 2.98. The van der Waals surface area contributed by atoms with E-state index in [0.29, 0.717) is 11.8 Å². The molecule has 1 rings (SSSR count). The summed E-state index contributed by atoms with van der Waals surface area (Å²) in [4.78, 5) is 13.4. The maximum atomic E-state index is 12.1. The van der Waals surface area contributed by atoms with Crippen molar-refractivity contribution >= 4 is 6.29 Å². The molecular formula is C9H9F3N2O. The molecule has 1 atom stereocenters. The predicted molar refractivity (Wildman–Crippen MR) is 46.8 cm³/mol. The molecule has 0 saturated heterocycles. The van der Waals surface area contributed by atoms with Crippen LogP contribution in [0.5, 0.6) is 0 Å². The number of carbonyl (C=O) groups excluding carboxylic acids is 1. The van der Waals surface area contributed by atoms with Crippen molar-refractivity contribution in [3.8, 4) is 0 Å². The van der Waals surface area contributed by atoms with Gasteiger partial charge in [0.05, 0.1) is 0 Å². The minimum absolute atomic E-state index is 0.0625. The molecule has 15 heavy (non-hydrogen) atoms. The van der Waals surface area contributed by atoms with E-state index < -0.39 is 17.9 Å². The average molecular weight is 218 g/mol. The predicted octanol–water partition coefficient (Wildman–Crippen LogP) is 1.69. The van der Waals surface area contributed by atoms with Crippen molar-refractivity contribution in [2.45, 2.75) is 18.6 Å². The lowest BCUT2D eigenvalue weighted by molar-refractivity contribution is -0.141. The van der Waals surface area contributed by atoms with Crippen LogP contribution in [-0.4, -0.2) is 11.3 Å². The van der Waals surface area contributed by atoms with Gasteiger partial charge in [0.2, 0.25) is 0 Å². The number of hydrogen-bond acceptors (Lipinski definition) is 3. The molecule has 0 aliphatic carbocycles. The molecule has 1 unspecified atom stereocenters. The maximum Gasteiger partial charge on any atom is 0.433 e. The molecule has 82 valence electrons. The number of halogens is 3. The topological polar surface area (TPSA) is 56.0 Å². The second-order valence-electron chi connectivity index (χ2n) is 2.98. The highest BCUT2D eigenvalue weighted by Crippen LogP contribution is 2.27. The third-order valence-electron chi connectivity index (χ3n) is 1.86. The van der Waals surface area contributed by atoms with E-state index in [0.717, 1.165) is 12.3 Å². The molecule has 1 aromatic heterocycles. The van der Waals surface area contributed by atoms with Gasteiger partial charge in [-0.2, -0.15) is 13.2 Å². The van der Waals surface area contributed by atoms with E-state index in [1.807, 2.05) is 0 Å². The number of nitrogens with two attached hydrogens (primary N) is 1. The van der Waals surface area contributed by atoms with Crippen molar-refractivity contribution in [3.63, 3.8) is 0 Å². The minimum atomic E-state index is -4.45. The smallest absolute Gasteiger partial charge is 0.324 e. The van der Waals surface area contributed by atoms with Crippen LogP contribution >= 0.6 is 0 Å². The first-order valence-corrected chi connectivity index (χ1v) is 4.17. The van der Waals surface area contributed by atoms with Crippen LogP contribution < -0.4 is 5.73 Å². The lowest BCUT2D eigenvalue weighted by atomic mass is 10.1. The Bertz CT molecular complexity index is 334. The Kier molecular flexibility index (Phi) is 3.41. The number of aldehydes is 1. The molecule has 2 N–H and O–H groups in total. The van der Waals surface area contributed by atoms with Crippen LogP contribution in [0.25, 0.3) is 0 Å². The monoisotopic (exact) mass is 218 g/mol. The average Bonchev–Trinajstić information content (AvgIpc) is 2.17. The number of alkyl halides is 3. The number of rotatable bonds is 3. The van der Waals surface area contributed by atoms with Crippen LogP contribution in [0.4, 0.5) is 13.2 Å². The van der Waals surface area contributed by atoms with Gasteiger partial charge in [0, 0.05) is 18.7 Å². The SMILES string of the molecule is NC(CC=O)c1ccc(C(F)(F)F)nc1. The van der Waals surface area contributed by atoms with E-state index in [1.165, 1.54) is 6.07 Å². The Morgan fingerprint density at radius 3 is 2.53 bits per heavy atom. The fourth-order valence-corrected chi connectivity index (χ4v) is 1.03. The van der Waals surface area contributed by atoms with Crippen molar-refractivity contribution in [1.82, 2.24) is 4.98 Å². The quantitative estimate of drug-likeness (QED) is 0.785. The molecule has 0 saturated carbocycles. The van der Waals surface area contributed by atoms with Gasteiger partial charge in [0.25, 0.3) is 0 Å². The minimum Gasteiger partial charge on any atom is -0.324 e. The molecule has 0 aliphatic rings. The van der Waals surface area contributed by atoms with Crippen molar-refractivity contribution in [1.29, 1.82) is 0 Å². The number of aromatic nitrogens is 1. The van der Waals surface area contributed by atoms with Crippen molar-refractivity contribution in [2.24, 2.45) is 5.73 Å². The summed E-state index contributed by atoms with van der Waals surface area (Å²) >= 11 is 0. The first-order valence-electron chi connectivity index (χ1n) is 4.17. The molecule has 0 aliphatic heterocycles.